The maximum atomic E-state index is 10.9. The van der Waals surface area contributed by atoms with Crippen LogP contribution in [0, 0.1) is 17.8 Å². The van der Waals surface area contributed by atoms with Gasteiger partial charge in [-0.3, -0.25) is 0 Å². The monoisotopic (exact) mass is 191 g/mol. The zero-order valence-corrected chi connectivity index (χ0v) is 8.47. The molecule has 1 aliphatic rings. The highest BCUT2D eigenvalue weighted by atomic mass is 32.2. The Labute approximate surface area is 74.3 Å². The van der Waals surface area contributed by atoms with E-state index in [1.54, 1.807) is 0 Å². The summed E-state index contributed by atoms with van der Waals surface area (Å²) in [5.41, 5.74) is 5.58. The highest BCUT2D eigenvalue weighted by Crippen LogP contribution is 2.30. The largest absolute Gasteiger partial charge is 0.330 e. The lowest BCUT2D eigenvalue weighted by Gasteiger charge is -2.35. The number of rotatable bonds is 3. The third-order valence-corrected chi connectivity index (χ3v) is 4.54. The molecule has 1 unspecified atom stereocenters. The van der Waals surface area contributed by atoms with Crippen molar-refractivity contribution in [1.29, 1.82) is 0 Å². The van der Waals surface area contributed by atoms with E-state index in [0.717, 1.165) is 0 Å². The molecule has 72 valence electrons. The van der Waals surface area contributed by atoms with Crippen LogP contribution in [0.3, 0.4) is 0 Å². The van der Waals surface area contributed by atoms with Crippen molar-refractivity contribution in [3.8, 4) is 0 Å². The predicted molar refractivity (Wildman–Crippen MR) is 49.5 cm³/mol. The third kappa shape index (κ3) is 1.98. The van der Waals surface area contributed by atoms with Crippen LogP contribution in [0.2, 0.25) is 0 Å². The first-order valence-corrected chi connectivity index (χ1v) is 6.19. The molecule has 1 fully saturated rings. The van der Waals surface area contributed by atoms with E-state index in [2.05, 4.69) is 13.8 Å². The van der Waals surface area contributed by atoms with Crippen molar-refractivity contribution in [2.24, 2.45) is 23.5 Å². The molecule has 1 saturated heterocycles. The Hall–Kier alpha value is -0.0900. The van der Waals surface area contributed by atoms with Crippen LogP contribution in [-0.2, 0) is 9.84 Å². The molecule has 0 amide bonds. The van der Waals surface area contributed by atoms with Crippen LogP contribution < -0.4 is 5.73 Å². The highest BCUT2D eigenvalue weighted by molar-refractivity contribution is 7.92. The summed E-state index contributed by atoms with van der Waals surface area (Å²) < 4.78 is 21.8. The summed E-state index contributed by atoms with van der Waals surface area (Å²) in [6.45, 7) is 4.81. The first kappa shape index (κ1) is 9.99. The first-order valence-electron chi connectivity index (χ1n) is 4.37. The fraction of sp³-hybridized carbons (Fsp3) is 1.00. The molecule has 1 rings (SSSR count). The number of nitrogens with two attached hydrogens (primary N) is 1. The second kappa shape index (κ2) is 3.34. The third-order valence-electron chi connectivity index (χ3n) is 2.67. The molecule has 0 aliphatic carbocycles. The normalized spacial score (nSPS) is 25.3. The van der Waals surface area contributed by atoms with E-state index in [0.29, 0.717) is 35.8 Å². The molecule has 1 aliphatic heterocycles. The van der Waals surface area contributed by atoms with Crippen LogP contribution in [-0.4, -0.2) is 26.5 Å². The quantitative estimate of drug-likeness (QED) is 0.696. The fourth-order valence-electron chi connectivity index (χ4n) is 1.86. The molecule has 0 aromatic rings. The molecule has 0 aromatic carbocycles. The molecule has 12 heavy (non-hydrogen) atoms. The van der Waals surface area contributed by atoms with Crippen molar-refractivity contribution >= 4 is 9.84 Å². The summed E-state index contributed by atoms with van der Waals surface area (Å²) in [5.74, 6) is 1.91. The Morgan fingerprint density at radius 1 is 1.42 bits per heavy atom. The van der Waals surface area contributed by atoms with Crippen LogP contribution in [0.25, 0.3) is 0 Å². The first-order chi connectivity index (χ1) is 5.46. The van der Waals surface area contributed by atoms with Crippen LogP contribution in [0.1, 0.15) is 13.8 Å². The molecule has 0 saturated carbocycles. The predicted octanol–water partition coefficient (Wildman–Crippen LogP) is 0.262. The molecule has 0 aromatic heterocycles. The van der Waals surface area contributed by atoms with E-state index in [-0.39, 0.29) is 0 Å². The average molecular weight is 191 g/mol. The van der Waals surface area contributed by atoms with Crippen molar-refractivity contribution in [3.05, 3.63) is 0 Å². The van der Waals surface area contributed by atoms with Gasteiger partial charge in [-0.2, -0.15) is 0 Å². The molecule has 2 N–H and O–H groups in total. The van der Waals surface area contributed by atoms with Crippen LogP contribution >= 0.6 is 0 Å². The minimum Gasteiger partial charge on any atom is -0.330 e. The van der Waals surface area contributed by atoms with Gasteiger partial charge in [0, 0.05) is 0 Å². The molecule has 0 bridgehead atoms. The van der Waals surface area contributed by atoms with Gasteiger partial charge in [-0.15, -0.1) is 0 Å². The average Bonchev–Trinajstić information content (AvgIpc) is 1.84. The van der Waals surface area contributed by atoms with Gasteiger partial charge in [0.25, 0.3) is 0 Å². The number of hydrogen-bond donors (Lipinski definition) is 1. The van der Waals surface area contributed by atoms with Gasteiger partial charge in [0.05, 0.1) is 11.5 Å². The summed E-state index contributed by atoms with van der Waals surface area (Å²) in [4.78, 5) is 0. The van der Waals surface area contributed by atoms with E-state index < -0.39 is 9.84 Å². The second-order valence-corrected chi connectivity index (χ2v) is 6.13. The van der Waals surface area contributed by atoms with Gasteiger partial charge in [0.1, 0.15) is 0 Å². The summed E-state index contributed by atoms with van der Waals surface area (Å²) >= 11 is 0. The minimum absolute atomic E-state index is 0.319. The van der Waals surface area contributed by atoms with Gasteiger partial charge in [-0.1, -0.05) is 13.8 Å². The van der Waals surface area contributed by atoms with Gasteiger partial charge in [-0.05, 0) is 24.3 Å². The van der Waals surface area contributed by atoms with Gasteiger partial charge >= 0.3 is 0 Å². The molecular weight excluding hydrogens is 174 g/mol. The highest BCUT2D eigenvalue weighted by Gasteiger charge is 2.39. The van der Waals surface area contributed by atoms with E-state index in [4.69, 9.17) is 5.73 Å². The van der Waals surface area contributed by atoms with Crippen molar-refractivity contribution in [3.63, 3.8) is 0 Å². The SMILES string of the molecule is CC(C)C(CN)C1CS(=O)(=O)C1. The zero-order chi connectivity index (χ0) is 9.35. The Morgan fingerprint density at radius 3 is 2.17 bits per heavy atom. The molecule has 3 nitrogen and oxygen atoms in total. The number of hydrogen-bond acceptors (Lipinski definition) is 3. The van der Waals surface area contributed by atoms with E-state index in [9.17, 15) is 8.42 Å². The number of sulfone groups is 1. The van der Waals surface area contributed by atoms with Crippen LogP contribution in [0.4, 0.5) is 0 Å². The van der Waals surface area contributed by atoms with Crippen molar-refractivity contribution in [2.75, 3.05) is 18.1 Å². The Balaban J connectivity index is 2.50. The molecule has 1 atom stereocenters. The lowest BCUT2D eigenvalue weighted by atomic mass is 9.85. The van der Waals surface area contributed by atoms with E-state index in [1.165, 1.54) is 0 Å². The molecule has 4 heteroatoms. The Kier molecular flexibility index (Phi) is 2.78. The summed E-state index contributed by atoms with van der Waals surface area (Å²) in [5, 5.41) is 0. The van der Waals surface area contributed by atoms with Gasteiger partial charge in [0.2, 0.25) is 0 Å². The smallest absolute Gasteiger partial charge is 0.150 e. The van der Waals surface area contributed by atoms with Crippen LogP contribution in [0.5, 0.6) is 0 Å². The van der Waals surface area contributed by atoms with E-state index >= 15 is 0 Å². The summed E-state index contributed by atoms with van der Waals surface area (Å²) in [7, 11) is -2.67. The molecule has 1 heterocycles. The molecule has 0 radical (unpaired) electrons. The van der Waals surface area contributed by atoms with Gasteiger partial charge < -0.3 is 5.73 Å². The zero-order valence-electron chi connectivity index (χ0n) is 7.66. The maximum Gasteiger partial charge on any atom is 0.150 e. The van der Waals surface area contributed by atoms with Crippen LogP contribution in [0.15, 0.2) is 0 Å². The summed E-state index contributed by atoms with van der Waals surface area (Å²) in [6.07, 6.45) is 0. The Bertz CT molecular complexity index is 234. The van der Waals surface area contributed by atoms with Crippen molar-refractivity contribution < 1.29 is 8.42 Å². The Morgan fingerprint density at radius 2 is 1.92 bits per heavy atom. The lowest BCUT2D eigenvalue weighted by molar-refractivity contribution is 0.284. The second-order valence-electron chi connectivity index (χ2n) is 3.98. The fourth-order valence-corrected chi connectivity index (χ4v) is 3.56. The maximum absolute atomic E-state index is 10.9. The molecule has 0 spiro atoms. The minimum atomic E-state index is -2.67. The molecular formula is C8H17NO2S. The van der Waals surface area contributed by atoms with E-state index in [1.807, 2.05) is 0 Å². The van der Waals surface area contributed by atoms with Crippen molar-refractivity contribution in [1.82, 2.24) is 0 Å². The van der Waals surface area contributed by atoms with Gasteiger partial charge in [0.15, 0.2) is 9.84 Å². The summed E-state index contributed by atoms with van der Waals surface area (Å²) in [6, 6.07) is 0. The standard InChI is InChI=1S/C8H17NO2S/c1-6(2)8(3-9)7-4-12(10,11)5-7/h6-8H,3-5,9H2,1-2H3. The van der Waals surface area contributed by atoms with Gasteiger partial charge in [-0.25, -0.2) is 8.42 Å². The lowest BCUT2D eigenvalue weighted by Crippen LogP contribution is -2.45. The van der Waals surface area contributed by atoms with Crippen molar-refractivity contribution in [2.45, 2.75) is 13.8 Å². The topological polar surface area (TPSA) is 60.2 Å².